The molecule has 0 atom stereocenters. The minimum atomic E-state index is -0.461. The molecule has 25 heavy (non-hydrogen) atoms. The summed E-state index contributed by atoms with van der Waals surface area (Å²) in [5, 5.41) is 8.06. The number of rotatable bonds is 6. The molecule has 3 rings (SSSR count). The van der Waals surface area contributed by atoms with E-state index in [1.54, 1.807) is 11.6 Å². The van der Waals surface area contributed by atoms with Crippen molar-refractivity contribution in [2.24, 2.45) is 5.41 Å². The average molecular weight is 345 g/mol. The van der Waals surface area contributed by atoms with Crippen LogP contribution < -0.4 is 4.74 Å². The van der Waals surface area contributed by atoms with Gasteiger partial charge in [-0.3, -0.25) is 0 Å². The molecule has 0 spiro atoms. The predicted molar refractivity (Wildman–Crippen MR) is 91.1 cm³/mol. The molecule has 0 radical (unpaired) electrons. The summed E-state index contributed by atoms with van der Waals surface area (Å²) in [5.74, 6) is 0.323. The highest BCUT2D eigenvalue weighted by atomic mass is 16.5. The van der Waals surface area contributed by atoms with Gasteiger partial charge in [-0.1, -0.05) is 12.1 Å². The smallest absolute Gasteiger partial charge is 0.360 e. The van der Waals surface area contributed by atoms with Gasteiger partial charge >= 0.3 is 5.97 Å². The van der Waals surface area contributed by atoms with Gasteiger partial charge in [0.05, 0.1) is 30.7 Å². The third-order valence-corrected chi connectivity index (χ3v) is 3.99. The molecule has 2 heterocycles. The molecule has 7 nitrogen and oxygen atoms in total. The van der Waals surface area contributed by atoms with Crippen molar-refractivity contribution in [1.82, 2.24) is 15.0 Å². The van der Waals surface area contributed by atoms with E-state index >= 15 is 0 Å². The Morgan fingerprint density at radius 3 is 2.56 bits per heavy atom. The van der Waals surface area contributed by atoms with Gasteiger partial charge < -0.3 is 14.2 Å². The van der Waals surface area contributed by atoms with Crippen molar-refractivity contribution >= 4 is 5.97 Å². The summed E-state index contributed by atoms with van der Waals surface area (Å²) >= 11 is 0. The van der Waals surface area contributed by atoms with E-state index in [0.29, 0.717) is 25.5 Å². The largest absolute Gasteiger partial charge is 0.491 e. The van der Waals surface area contributed by atoms with Gasteiger partial charge in [-0.2, -0.15) is 0 Å². The van der Waals surface area contributed by atoms with Crippen LogP contribution in [0.1, 0.15) is 37.0 Å². The lowest BCUT2D eigenvalue weighted by Crippen LogP contribution is -2.44. The van der Waals surface area contributed by atoms with Crippen LogP contribution in [-0.4, -0.2) is 46.9 Å². The Morgan fingerprint density at radius 2 is 2.00 bits per heavy atom. The lowest BCUT2D eigenvalue weighted by molar-refractivity contribution is -0.127. The molecule has 1 fully saturated rings. The fraction of sp³-hybridized carbons (Fsp3) is 0.500. The van der Waals surface area contributed by atoms with Gasteiger partial charge in [-0.15, -0.1) is 5.10 Å². The molecule has 1 aliphatic rings. The number of esters is 1. The second-order valence-corrected chi connectivity index (χ2v) is 6.98. The summed E-state index contributed by atoms with van der Waals surface area (Å²) in [6, 6.07) is 7.49. The van der Waals surface area contributed by atoms with E-state index in [4.69, 9.17) is 14.2 Å². The number of ether oxygens (including phenoxy) is 3. The molecule has 7 heteroatoms. The van der Waals surface area contributed by atoms with E-state index in [-0.39, 0.29) is 17.2 Å². The number of hydrogen-bond donors (Lipinski definition) is 0. The lowest BCUT2D eigenvalue weighted by atomic mass is 9.90. The molecule has 1 aliphatic heterocycles. The summed E-state index contributed by atoms with van der Waals surface area (Å²) in [5.41, 5.74) is 1.58. The number of benzene rings is 1. The van der Waals surface area contributed by atoms with E-state index in [0.717, 1.165) is 11.4 Å². The van der Waals surface area contributed by atoms with Crippen molar-refractivity contribution in [3.05, 3.63) is 35.7 Å². The molecule has 0 bridgehead atoms. The zero-order chi connectivity index (χ0) is 18.0. The Labute approximate surface area is 146 Å². The summed E-state index contributed by atoms with van der Waals surface area (Å²) in [7, 11) is 0. The fourth-order valence-electron chi connectivity index (χ4n) is 2.54. The fourth-order valence-corrected chi connectivity index (χ4v) is 2.54. The van der Waals surface area contributed by atoms with E-state index in [2.05, 4.69) is 10.3 Å². The molecule has 0 aliphatic carbocycles. The topological polar surface area (TPSA) is 75.5 Å². The van der Waals surface area contributed by atoms with Crippen molar-refractivity contribution in [3.63, 3.8) is 0 Å². The highest BCUT2D eigenvalue weighted by molar-refractivity contribution is 5.88. The summed E-state index contributed by atoms with van der Waals surface area (Å²) < 4.78 is 17.8. The Morgan fingerprint density at radius 1 is 1.32 bits per heavy atom. The Hall–Kier alpha value is -2.41. The molecular formula is C18H23N3O4. The Balaban J connectivity index is 1.70. The van der Waals surface area contributed by atoms with Crippen LogP contribution >= 0.6 is 0 Å². The maximum absolute atomic E-state index is 12.3. The number of aromatic nitrogens is 3. The predicted octanol–water partition coefficient (Wildman–Crippen LogP) is 2.56. The first kappa shape index (κ1) is 17.4. The van der Waals surface area contributed by atoms with Gasteiger partial charge in [0.2, 0.25) is 0 Å². The van der Waals surface area contributed by atoms with Crippen molar-refractivity contribution in [2.45, 2.75) is 33.8 Å². The minimum Gasteiger partial charge on any atom is -0.491 e. The van der Waals surface area contributed by atoms with Crippen molar-refractivity contribution < 1.29 is 19.0 Å². The maximum atomic E-state index is 12.3. The molecule has 0 N–H and O–H groups in total. The van der Waals surface area contributed by atoms with Gasteiger partial charge in [-0.25, -0.2) is 9.48 Å². The Kier molecular flexibility index (Phi) is 4.76. The van der Waals surface area contributed by atoms with E-state index < -0.39 is 5.97 Å². The number of nitrogens with zero attached hydrogens (tertiary/aromatic N) is 3. The molecule has 1 aromatic carbocycles. The third-order valence-electron chi connectivity index (χ3n) is 3.99. The van der Waals surface area contributed by atoms with Crippen LogP contribution in [0.3, 0.4) is 0 Å². The van der Waals surface area contributed by atoms with Crippen molar-refractivity contribution in [3.8, 4) is 11.4 Å². The molecule has 0 amide bonds. The SMILES string of the molecule is Cc1c(C(=O)OCC2(C)COC2)nnn1-c1ccc(OC(C)C)cc1. The second kappa shape index (κ2) is 6.84. The van der Waals surface area contributed by atoms with Gasteiger partial charge in [0, 0.05) is 5.41 Å². The second-order valence-electron chi connectivity index (χ2n) is 6.98. The van der Waals surface area contributed by atoms with Gasteiger partial charge in [0.25, 0.3) is 0 Å². The van der Waals surface area contributed by atoms with Crippen LogP contribution in [-0.2, 0) is 9.47 Å². The van der Waals surface area contributed by atoms with Crippen LogP contribution in [0.25, 0.3) is 5.69 Å². The summed E-state index contributed by atoms with van der Waals surface area (Å²) in [6.45, 7) is 9.30. The van der Waals surface area contributed by atoms with Crippen LogP contribution in [0.2, 0.25) is 0 Å². The zero-order valence-corrected chi connectivity index (χ0v) is 15.0. The Bertz CT molecular complexity index is 748. The van der Waals surface area contributed by atoms with Gasteiger partial charge in [0.15, 0.2) is 5.69 Å². The molecule has 1 saturated heterocycles. The van der Waals surface area contributed by atoms with Gasteiger partial charge in [-0.05, 0) is 45.0 Å². The molecule has 2 aromatic rings. The quantitative estimate of drug-likeness (QED) is 0.749. The third kappa shape index (κ3) is 3.82. The maximum Gasteiger partial charge on any atom is 0.360 e. The molecular weight excluding hydrogens is 322 g/mol. The first-order valence-electron chi connectivity index (χ1n) is 8.32. The first-order valence-corrected chi connectivity index (χ1v) is 8.32. The van der Waals surface area contributed by atoms with E-state index in [1.165, 1.54) is 0 Å². The number of carbonyl (C=O) groups is 1. The normalized spacial score (nSPS) is 15.7. The number of carbonyl (C=O) groups excluding carboxylic acids is 1. The average Bonchev–Trinajstić information content (AvgIpc) is 2.93. The summed E-state index contributed by atoms with van der Waals surface area (Å²) in [4.78, 5) is 12.3. The molecule has 0 unspecified atom stereocenters. The van der Waals surface area contributed by atoms with Crippen LogP contribution in [0, 0.1) is 12.3 Å². The van der Waals surface area contributed by atoms with Crippen molar-refractivity contribution in [1.29, 1.82) is 0 Å². The molecule has 134 valence electrons. The summed E-state index contributed by atoms with van der Waals surface area (Å²) in [6.07, 6.45) is 0.114. The highest BCUT2D eigenvalue weighted by Gasteiger charge is 2.35. The molecule has 1 aromatic heterocycles. The lowest BCUT2D eigenvalue weighted by Gasteiger charge is -2.37. The van der Waals surface area contributed by atoms with E-state index in [9.17, 15) is 4.79 Å². The monoisotopic (exact) mass is 345 g/mol. The molecule has 0 saturated carbocycles. The first-order chi connectivity index (χ1) is 11.9. The van der Waals surface area contributed by atoms with E-state index in [1.807, 2.05) is 45.0 Å². The van der Waals surface area contributed by atoms with Crippen LogP contribution in [0.15, 0.2) is 24.3 Å². The highest BCUT2D eigenvalue weighted by Crippen LogP contribution is 2.27. The standard InChI is InChI=1S/C18H23N3O4/c1-12(2)25-15-7-5-14(6-8-15)21-13(3)16(19-20-21)17(22)24-11-18(4)9-23-10-18/h5-8,12H,9-11H2,1-4H3. The number of hydrogen-bond acceptors (Lipinski definition) is 6. The zero-order valence-electron chi connectivity index (χ0n) is 15.0. The van der Waals surface area contributed by atoms with Crippen LogP contribution in [0.5, 0.6) is 5.75 Å². The van der Waals surface area contributed by atoms with Crippen molar-refractivity contribution in [2.75, 3.05) is 19.8 Å². The van der Waals surface area contributed by atoms with Crippen LogP contribution in [0.4, 0.5) is 0 Å². The minimum absolute atomic E-state index is 0.0915. The van der Waals surface area contributed by atoms with Gasteiger partial charge in [0.1, 0.15) is 12.4 Å².